The molecule has 0 aliphatic heterocycles. The Hall–Kier alpha value is -2.42. The molecule has 2 rings (SSSR count). The van der Waals surface area contributed by atoms with Gasteiger partial charge < -0.3 is 10.1 Å². The highest BCUT2D eigenvalue weighted by atomic mass is 35.5. The molecule has 0 unspecified atom stereocenters. The van der Waals surface area contributed by atoms with Crippen molar-refractivity contribution in [1.82, 2.24) is 4.31 Å². The summed E-state index contributed by atoms with van der Waals surface area (Å²) in [5, 5.41) is 2.64. The molecular weight excluding hydrogens is 416 g/mol. The molecule has 0 saturated carbocycles. The van der Waals surface area contributed by atoms with Gasteiger partial charge >= 0.3 is 5.97 Å². The first-order chi connectivity index (χ1) is 13.7. The van der Waals surface area contributed by atoms with Gasteiger partial charge in [0.2, 0.25) is 10.0 Å². The van der Waals surface area contributed by atoms with E-state index in [1.165, 1.54) is 16.4 Å². The number of anilines is 1. The molecule has 2 aromatic rings. The number of sulfonamides is 1. The van der Waals surface area contributed by atoms with Crippen LogP contribution in [0.1, 0.15) is 29.8 Å². The number of halogens is 1. The van der Waals surface area contributed by atoms with Gasteiger partial charge in [-0.1, -0.05) is 43.1 Å². The Balaban J connectivity index is 2.10. The van der Waals surface area contributed by atoms with E-state index in [1.54, 1.807) is 26.0 Å². The number of nitrogens with one attached hydrogen (secondary N) is 1. The van der Waals surface area contributed by atoms with E-state index in [4.69, 9.17) is 16.3 Å². The molecule has 1 amide bonds. The number of hydrogen-bond acceptors (Lipinski definition) is 5. The summed E-state index contributed by atoms with van der Waals surface area (Å²) in [5.41, 5.74) is 1.49. The molecule has 1 N–H and O–H groups in total. The van der Waals surface area contributed by atoms with E-state index < -0.39 is 28.5 Å². The molecule has 0 aliphatic rings. The lowest BCUT2D eigenvalue weighted by Crippen LogP contribution is -2.30. The van der Waals surface area contributed by atoms with E-state index in [2.05, 4.69) is 5.32 Å². The van der Waals surface area contributed by atoms with Crippen LogP contribution < -0.4 is 5.32 Å². The number of esters is 1. The van der Waals surface area contributed by atoms with E-state index in [0.717, 1.165) is 11.6 Å². The maximum absolute atomic E-state index is 12.6. The molecule has 156 valence electrons. The van der Waals surface area contributed by atoms with Gasteiger partial charge in [0.05, 0.1) is 15.5 Å². The fourth-order valence-corrected chi connectivity index (χ4v) is 4.26. The number of carbonyl (C=O) groups is 2. The second kappa shape index (κ2) is 9.87. The van der Waals surface area contributed by atoms with Gasteiger partial charge in [-0.2, -0.15) is 4.31 Å². The first-order valence-electron chi connectivity index (χ1n) is 9.02. The maximum Gasteiger partial charge on any atom is 0.340 e. The van der Waals surface area contributed by atoms with Crippen molar-refractivity contribution in [1.29, 1.82) is 0 Å². The van der Waals surface area contributed by atoms with Crippen molar-refractivity contribution in [2.75, 3.05) is 25.0 Å². The molecule has 0 heterocycles. The minimum absolute atomic E-state index is 0.0347. The quantitative estimate of drug-likeness (QED) is 0.637. The lowest BCUT2D eigenvalue weighted by atomic mass is 10.2. The first kappa shape index (κ1) is 22.9. The zero-order chi connectivity index (χ0) is 21.6. The zero-order valence-corrected chi connectivity index (χ0v) is 18.0. The molecule has 0 radical (unpaired) electrons. The van der Waals surface area contributed by atoms with Crippen LogP contribution in [-0.2, 0) is 19.6 Å². The molecule has 0 atom stereocenters. The largest absolute Gasteiger partial charge is 0.452 e. The molecule has 0 saturated heterocycles. The predicted molar refractivity (Wildman–Crippen MR) is 112 cm³/mol. The molecule has 9 heteroatoms. The van der Waals surface area contributed by atoms with Gasteiger partial charge in [-0.25, -0.2) is 13.2 Å². The Kier molecular flexibility index (Phi) is 7.78. The lowest BCUT2D eigenvalue weighted by Gasteiger charge is -2.19. The van der Waals surface area contributed by atoms with Crippen LogP contribution in [0.25, 0.3) is 0 Å². The highest BCUT2D eigenvalue weighted by molar-refractivity contribution is 7.89. The number of nitrogens with zero attached hydrogens (tertiary/aromatic N) is 1. The standard InChI is InChI=1S/C20H23ClN2O5S/c1-4-23(5-2)29(26,27)16-10-11-18(21)17(12-16)20(25)28-13-19(24)22-15-8-6-14(3)7-9-15/h6-12H,4-5,13H2,1-3H3,(H,22,24). The number of rotatable bonds is 8. The van der Waals surface area contributed by atoms with Crippen molar-refractivity contribution in [3.05, 3.63) is 58.6 Å². The Morgan fingerprint density at radius 3 is 2.28 bits per heavy atom. The van der Waals surface area contributed by atoms with Gasteiger partial charge in [-0.15, -0.1) is 0 Å². The van der Waals surface area contributed by atoms with Crippen molar-refractivity contribution in [3.63, 3.8) is 0 Å². The summed E-state index contributed by atoms with van der Waals surface area (Å²) in [7, 11) is -3.76. The molecule has 0 bridgehead atoms. The van der Waals surface area contributed by atoms with Gasteiger partial charge in [-0.3, -0.25) is 4.79 Å². The van der Waals surface area contributed by atoms with Crippen LogP contribution in [0.2, 0.25) is 5.02 Å². The fourth-order valence-electron chi connectivity index (χ4n) is 2.58. The van der Waals surface area contributed by atoms with Crippen LogP contribution in [-0.4, -0.2) is 44.3 Å². The Bertz CT molecular complexity index is 986. The molecule has 2 aromatic carbocycles. The molecular formula is C20H23ClN2O5S. The molecule has 0 aromatic heterocycles. The Labute approximate surface area is 175 Å². The van der Waals surface area contributed by atoms with Crippen LogP contribution >= 0.6 is 11.6 Å². The van der Waals surface area contributed by atoms with Crippen LogP contribution in [0, 0.1) is 6.92 Å². The second-order valence-electron chi connectivity index (χ2n) is 6.22. The number of benzene rings is 2. The maximum atomic E-state index is 12.6. The molecule has 0 fully saturated rings. The van der Waals surface area contributed by atoms with Gasteiger partial charge in [-0.05, 0) is 37.3 Å². The van der Waals surface area contributed by atoms with E-state index in [9.17, 15) is 18.0 Å². The topological polar surface area (TPSA) is 92.8 Å². The number of amides is 1. The molecule has 0 spiro atoms. The number of carbonyl (C=O) groups excluding carboxylic acids is 2. The van der Waals surface area contributed by atoms with Gasteiger partial charge in [0.25, 0.3) is 5.91 Å². The van der Waals surface area contributed by atoms with Crippen molar-refractivity contribution in [3.8, 4) is 0 Å². The van der Waals surface area contributed by atoms with Crippen LogP contribution in [0.4, 0.5) is 5.69 Å². The van der Waals surface area contributed by atoms with Crippen LogP contribution in [0.3, 0.4) is 0 Å². The van der Waals surface area contributed by atoms with Crippen molar-refractivity contribution in [2.45, 2.75) is 25.7 Å². The van der Waals surface area contributed by atoms with E-state index in [0.29, 0.717) is 18.8 Å². The molecule has 7 nitrogen and oxygen atoms in total. The summed E-state index contributed by atoms with van der Waals surface area (Å²) >= 11 is 6.04. The van der Waals surface area contributed by atoms with Crippen molar-refractivity contribution in [2.24, 2.45) is 0 Å². The summed E-state index contributed by atoms with van der Waals surface area (Å²) < 4.78 is 31.5. The number of ether oxygens (including phenoxy) is 1. The molecule has 29 heavy (non-hydrogen) atoms. The summed E-state index contributed by atoms with van der Waals surface area (Å²) in [6, 6.07) is 10.9. The van der Waals surface area contributed by atoms with Gasteiger partial charge in [0.15, 0.2) is 6.61 Å². The third-order valence-corrected chi connectivity index (χ3v) is 6.55. The third kappa shape index (κ3) is 5.79. The Morgan fingerprint density at radius 2 is 1.69 bits per heavy atom. The second-order valence-corrected chi connectivity index (χ2v) is 8.57. The van der Waals surface area contributed by atoms with Crippen LogP contribution in [0.15, 0.2) is 47.4 Å². The predicted octanol–water partition coefficient (Wildman–Crippen LogP) is 3.47. The van der Waals surface area contributed by atoms with Gasteiger partial charge in [0, 0.05) is 18.8 Å². The normalized spacial score (nSPS) is 11.3. The fraction of sp³-hybridized carbons (Fsp3) is 0.300. The zero-order valence-electron chi connectivity index (χ0n) is 16.4. The average molecular weight is 439 g/mol. The monoisotopic (exact) mass is 438 g/mol. The minimum Gasteiger partial charge on any atom is -0.452 e. The smallest absolute Gasteiger partial charge is 0.340 e. The number of aryl methyl sites for hydroxylation is 1. The highest BCUT2D eigenvalue weighted by Gasteiger charge is 2.24. The van der Waals surface area contributed by atoms with E-state index in [-0.39, 0.29) is 15.5 Å². The summed E-state index contributed by atoms with van der Waals surface area (Å²) in [5.74, 6) is -1.41. The van der Waals surface area contributed by atoms with Crippen molar-refractivity contribution >= 4 is 39.2 Å². The summed E-state index contributed by atoms with van der Waals surface area (Å²) in [6.45, 7) is 5.42. The first-order valence-corrected chi connectivity index (χ1v) is 10.8. The summed E-state index contributed by atoms with van der Waals surface area (Å²) in [6.07, 6.45) is 0. The van der Waals surface area contributed by atoms with Crippen molar-refractivity contribution < 1.29 is 22.7 Å². The van der Waals surface area contributed by atoms with Gasteiger partial charge in [0.1, 0.15) is 0 Å². The van der Waals surface area contributed by atoms with Crippen LogP contribution in [0.5, 0.6) is 0 Å². The highest BCUT2D eigenvalue weighted by Crippen LogP contribution is 2.23. The average Bonchev–Trinajstić information content (AvgIpc) is 2.69. The lowest BCUT2D eigenvalue weighted by molar-refractivity contribution is -0.119. The number of hydrogen-bond donors (Lipinski definition) is 1. The SMILES string of the molecule is CCN(CC)S(=O)(=O)c1ccc(Cl)c(C(=O)OCC(=O)Nc2ccc(C)cc2)c1. The van der Waals surface area contributed by atoms with E-state index >= 15 is 0 Å². The minimum atomic E-state index is -3.76. The summed E-state index contributed by atoms with van der Waals surface area (Å²) in [4.78, 5) is 24.3. The molecule has 0 aliphatic carbocycles. The van der Waals surface area contributed by atoms with E-state index in [1.807, 2.05) is 19.1 Å². The third-order valence-electron chi connectivity index (χ3n) is 4.17. The Morgan fingerprint density at radius 1 is 1.07 bits per heavy atom.